The van der Waals surface area contributed by atoms with E-state index in [-0.39, 0.29) is 0 Å². The van der Waals surface area contributed by atoms with Crippen molar-refractivity contribution in [2.24, 2.45) is 5.41 Å². The molecule has 0 spiro atoms. The van der Waals surface area contributed by atoms with Crippen molar-refractivity contribution in [3.05, 3.63) is 12.3 Å². The van der Waals surface area contributed by atoms with Gasteiger partial charge in [0.05, 0.1) is 0 Å². The number of hydrogen-bond donors (Lipinski definition) is 1. The Hall–Kier alpha value is -0.460. The Balaban J connectivity index is 3.73. The first-order valence-electron chi connectivity index (χ1n) is 3.85. The van der Waals surface area contributed by atoms with Gasteiger partial charge in [-0.1, -0.05) is 26.8 Å². The fourth-order valence-corrected chi connectivity index (χ4v) is 0.491. The maximum absolute atomic E-state index is 3.29. The van der Waals surface area contributed by atoms with E-state index in [1.165, 1.54) is 0 Å². The molecule has 0 aliphatic carbocycles. The third-order valence-corrected chi connectivity index (χ3v) is 1.81. The van der Waals surface area contributed by atoms with E-state index in [0.717, 1.165) is 0 Å². The van der Waals surface area contributed by atoms with Gasteiger partial charge in [0.25, 0.3) is 0 Å². The van der Waals surface area contributed by atoms with Crippen LogP contribution >= 0.6 is 0 Å². The summed E-state index contributed by atoms with van der Waals surface area (Å²) >= 11 is 0. The first-order chi connectivity index (χ1) is 4.48. The summed E-state index contributed by atoms with van der Waals surface area (Å²) in [5.74, 6) is 0. The van der Waals surface area contributed by atoms with Crippen molar-refractivity contribution >= 4 is 0 Å². The Morgan fingerprint density at radius 1 is 1.30 bits per heavy atom. The SMILES string of the molecule is C/C=C\NC(C)C(C)(C)C. The lowest BCUT2D eigenvalue weighted by Gasteiger charge is -2.27. The van der Waals surface area contributed by atoms with Gasteiger partial charge >= 0.3 is 0 Å². The maximum atomic E-state index is 3.29. The second kappa shape index (κ2) is 3.65. The highest BCUT2D eigenvalue weighted by Gasteiger charge is 2.17. The standard InChI is InChI=1S/C9H19N/c1-6-7-10-8(2)9(3,4)5/h6-8,10H,1-5H3/b7-6-. The van der Waals surface area contributed by atoms with E-state index in [2.05, 4.69) is 33.0 Å². The molecule has 0 aliphatic rings. The largest absolute Gasteiger partial charge is 0.388 e. The van der Waals surface area contributed by atoms with Crippen molar-refractivity contribution in [2.75, 3.05) is 0 Å². The van der Waals surface area contributed by atoms with Crippen LogP contribution in [0.3, 0.4) is 0 Å². The van der Waals surface area contributed by atoms with Crippen LogP contribution in [0.25, 0.3) is 0 Å². The van der Waals surface area contributed by atoms with Crippen molar-refractivity contribution in [3.8, 4) is 0 Å². The highest BCUT2D eigenvalue weighted by Crippen LogP contribution is 2.18. The van der Waals surface area contributed by atoms with Crippen LogP contribution in [0.15, 0.2) is 12.3 Å². The molecule has 0 radical (unpaired) electrons. The van der Waals surface area contributed by atoms with Crippen LogP contribution in [0, 0.1) is 5.41 Å². The lowest BCUT2D eigenvalue weighted by atomic mass is 9.88. The van der Waals surface area contributed by atoms with Gasteiger partial charge in [-0.3, -0.25) is 0 Å². The van der Waals surface area contributed by atoms with E-state index >= 15 is 0 Å². The molecule has 0 aromatic heterocycles. The van der Waals surface area contributed by atoms with Crippen molar-refractivity contribution in [1.82, 2.24) is 5.32 Å². The number of hydrogen-bond acceptors (Lipinski definition) is 1. The molecular formula is C9H19N. The summed E-state index contributed by atoms with van der Waals surface area (Å²) in [7, 11) is 0. The average molecular weight is 141 g/mol. The van der Waals surface area contributed by atoms with Crippen LogP contribution in [-0.4, -0.2) is 6.04 Å². The first-order valence-corrected chi connectivity index (χ1v) is 3.85. The van der Waals surface area contributed by atoms with Gasteiger partial charge in [0.2, 0.25) is 0 Å². The smallest absolute Gasteiger partial charge is 0.0275 e. The molecule has 0 bridgehead atoms. The Morgan fingerprint density at radius 3 is 2.10 bits per heavy atom. The van der Waals surface area contributed by atoms with Crippen molar-refractivity contribution in [1.29, 1.82) is 0 Å². The Labute approximate surface area is 64.5 Å². The van der Waals surface area contributed by atoms with E-state index in [9.17, 15) is 0 Å². The zero-order valence-corrected chi connectivity index (χ0v) is 7.73. The van der Waals surface area contributed by atoms with Gasteiger partial charge in [-0.2, -0.15) is 0 Å². The molecule has 60 valence electrons. The van der Waals surface area contributed by atoms with Gasteiger partial charge in [0.15, 0.2) is 0 Å². The normalized spacial score (nSPS) is 15.7. The lowest BCUT2D eigenvalue weighted by Crippen LogP contribution is -2.34. The average Bonchev–Trinajstić information content (AvgIpc) is 1.80. The van der Waals surface area contributed by atoms with E-state index in [1.807, 2.05) is 19.2 Å². The van der Waals surface area contributed by atoms with Crippen LogP contribution in [0.5, 0.6) is 0 Å². The quantitative estimate of drug-likeness (QED) is 0.623. The van der Waals surface area contributed by atoms with Gasteiger partial charge in [0.1, 0.15) is 0 Å². The zero-order chi connectivity index (χ0) is 8.20. The van der Waals surface area contributed by atoms with Crippen molar-refractivity contribution in [3.63, 3.8) is 0 Å². The number of nitrogens with one attached hydrogen (secondary N) is 1. The molecule has 0 aromatic carbocycles. The van der Waals surface area contributed by atoms with Crippen LogP contribution < -0.4 is 5.32 Å². The highest BCUT2D eigenvalue weighted by molar-refractivity contribution is 4.83. The predicted octanol–water partition coefficient (Wildman–Crippen LogP) is 2.54. The molecule has 1 unspecified atom stereocenters. The minimum atomic E-state index is 0.347. The molecule has 1 heteroatoms. The fraction of sp³-hybridized carbons (Fsp3) is 0.778. The minimum absolute atomic E-state index is 0.347. The third kappa shape index (κ3) is 3.54. The Morgan fingerprint density at radius 2 is 1.80 bits per heavy atom. The van der Waals surface area contributed by atoms with Gasteiger partial charge < -0.3 is 5.32 Å². The Kier molecular flexibility index (Phi) is 3.48. The van der Waals surface area contributed by atoms with E-state index < -0.39 is 0 Å². The molecule has 1 nitrogen and oxygen atoms in total. The van der Waals surface area contributed by atoms with Crippen LogP contribution in [0.2, 0.25) is 0 Å². The molecule has 0 fully saturated rings. The molecule has 1 N–H and O–H groups in total. The number of rotatable bonds is 2. The third-order valence-electron chi connectivity index (χ3n) is 1.81. The minimum Gasteiger partial charge on any atom is -0.388 e. The molecule has 0 rings (SSSR count). The summed E-state index contributed by atoms with van der Waals surface area (Å²) in [6.45, 7) is 10.9. The summed E-state index contributed by atoms with van der Waals surface area (Å²) in [4.78, 5) is 0. The van der Waals surface area contributed by atoms with Crippen molar-refractivity contribution in [2.45, 2.75) is 40.7 Å². The highest BCUT2D eigenvalue weighted by atomic mass is 14.9. The van der Waals surface area contributed by atoms with Crippen LogP contribution in [-0.2, 0) is 0 Å². The summed E-state index contributed by atoms with van der Waals surface area (Å²) < 4.78 is 0. The second-order valence-corrected chi connectivity index (χ2v) is 3.75. The van der Waals surface area contributed by atoms with Crippen LogP contribution in [0.4, 0.5) is 0 Å². The molecule has 10 heavy (non-hydrogen) atoms. The van der Waals surface area contributed by atoms with E-state index in [0.29, 0.717) is 11.5 Å². The molecule has 0 saturated heterocycles. The van der Waals surface area contributed by atoms with Gasteiger partial charge in [0, 0.05) is 6.04 Å². The first kappa shape index (κ1) is 9.54. The Bertz CT molecular complexity index is 108. The second-order valence-electron chi connectivity index (χ2n) is 3.75. The molecule has 1 atom stereocenters. The topological polar surface area (TPSA) is 12.0 Å². The lowest BCUT2D eigenvalue weighted by molar-refractivity contribution is 0.309. The summed E-state index contributed by atoms with van der Waals surface area (Å²) in [6.07, 6.45) is 4.01. The molecule has 0 aromatic rings. The summed E-state index contributed by atoms with van der Waals surface area (Å²) in [5, 5.41) is 3.29. The number of allylic oxidation sites excluding steroid dienone is 1. The van der Waals surface area contributed by atoms with Gasteiger partial charge in [-0.15, -0.1) is 0 Å². The summed E-state index contributed by atoms with van der Waals surface area (Å²) in [5.41, 5.74) is 0.347. The van der Waals surface area contributed by atoms with E-state index in [1.54, 1.807) is 0 Å². The molecule has 0 amide bonds. The molecule has 0 heterocycles. The van der Waals surface area contributed by atoms with Gasteiger partial charge in [-0.05, 0) is 25.5 Å². The molecule has 0 aliphatic heterocycles. The van der Waals surface area contributed by atoms with Crippen LogP contribution in [0.1, 0.15) is 34.6 Å². The van der Waals surface area contributed by atoms with Gasteiger partial charge in [-0.25, -0.2) is 0 Å². The zero-order valence-electron chi connectivity index (χ0n) is 7.73. The molecular weight excluding hydrogens is 122 g/mol. The monoisotopic (exact) mass is 141 g/mol. The summed E-state index contributed by atoms with van der Waals surface area (Å²) in [6, 6.07) is 0.531. The maximum Gasteiger partial charge on any atom is 0.0275 e. The van der Waals surface area contributed by atoms with Crippen molar-refractivity contribution < 1.29 is 0 Å². The van der Waals surface area contributed by atoms with E-state index in [4.69, 9.17) is 0 Å². The predicted molar refractivity (Wildman–Crippen MR) is 46.9 cm³/mol. The fourth-order valence-electron chi connectivity index (χ4n) is 0.491. The molecule has 0 saturated carbocycles.